The van der Waals surface area contributed by atoms with Gasteiger partial charge in [0.25, 0.3) is 0 Å². The van der Waals surface area contributed by atoms with Crippen LogP contribution < -0.4 is 0 Å². The average Bonchev–Trinajstić information content (AvgIpc) is 2.11. The molecule has 0 saturated heterocycles. The van der Waals surface area contributed by atoms with Crippen LogP contribution in [0, 0.1) is 0 Å². The maximum atomic E-state index is 5.96. The van der Waals surface area contributed by atoms with Gasteiger partial charge in [-0.3, -0.25) is 0 Å². The van der Waals surface area contributed by atoms with Crippen LogP contribution in [0.3, 0.4) is 0 Å². The van der Waals surface area contributed by atoms with Gasteiger partial charge < -0.3 is 0 Å². The molecule has 0 fully saturated rings. The van der Waals surface area contributed by atoms with Crippen LogP contribution in [0.1, 0.15) is 6.42 Å². The summed E-state index contributed by atoms with van der Waals surface area (Å²) in [6.07, 6.45) is 2.23. The number of hydrogen-bond acceptors (Lipinski definition) is 0. The molecule has 0 bridgehead atoms. The molecule has 2 atom stereocenters. The fraction of sp³-hybridized carbons (Fsp3) is 0.500. The van der Waals surface area contributed by atoms with Crippen molar-refractivity contribution >= 4 is 46.4 Å². The van der Waals surface area contributed by atoms with E-state index in [2.05, 4.69) is 6.58 Å². The van der Waals surface area contributed by atoms with Gasteiger partial charge in [0.05, 0.1) is 10.8 Å². The van der Waals surface area contributed by atoms with Gasteiger partial charge in [0.15, 0.2) is 0 Å². The van der Waals surface area contributed by atoms with Gasteiger partial charge in [-0.2, -0.15) is 0 Å². The summed E-state index contributed by atoms with van der Waals surface area (Å²) in [5.41, 5.74) is 2.27. The van der Waals surface area contributed by atoms with E-state index in [0.29, 0.717) is 12.3 Å². The Morgan fingerprint density at radius 1 is 1.42 bits per heavy atom. The zero-order valence-electron chi connectivity index (χ0n) is 6.44. The molecule has 70 valence electrons. The molecule has 0 rings (SSSR count). The van der Waals surface area contributed by atoms with E-state index in [1.165, 1.54) is 5.54 Å². The quantitative estimate of drug-likeness (QED) is 0.506. The third-order valence-corrected chi connectivity index (χ3v) is 2.96. The Bertz CT molecular complexity index is 164. The van der Waals surface area contributed by atoms with Gasteiger partial charge in [-0.25, -0.2) is 0 Å². The molecule has 0 aromatic rings. The lowest BCUT2D eigenvalue weighted by atomic mass is 10.1. The molecule has 12 heavy (non-hydrogen) atoms. The van der Waals surface area contributed by atoms with Gasteiger partial charge >= 0.3 is 0 Å². The Labute approximate surface area is 93.1 Å². The summed E-state index contributed by atoms with van der Waals surface area (Å²) in [6.45, 7) is 3.54. The molecule has 0 aliphatic heterocycles. The lowest BCUT2D eigenvalue weighted by Gasteiger charge is -2.14. The first-order valence-corrected chi connectivity index (χ1v) is 5.27. The molecule has 2 unspecified atom stereocenters. The van der Waals surface area contributed by atoms with Crippen molar-refractivity contribution < 1.29 is 0 Å². The largest absolute Gasteiger partial charge is 0.126 e. The smallest absolute Gasteiger partial charge is 0.0756 e. The summed E-state index contributed by atoms with van der Waals surface area (Å²) in [5.74, 6) is 0.489. The minimum atomic E-state index is -0.319. The van der Waals surface area contributed by atoms with Gasteiger partial charge in [-0.1, -0.05) is 17.7 Å². The summed E-state index contributed by atoms with van der Waals surface area (Å²) >= 11 is 22.9. The van der Waals surface area contributed by atoms with Crippen molar-refractivity contribution in [3.8, 4) is 0 Å². The first-order valence-electron chi connectivity index (χ1n) is 3.43. The lowest BCUT2D eigenvalue weighted by molar-refractivity contribution is 0.930. The monoisotopic (exact) mass is 246 g/mol. The van der Waals surface area contributed by atoms with Crippen LogP contribution >= 0.6 is 46.4 Å². The molecule has 0 aliphatic rings. The zero-order chi connectivity index (χ0) is 9.56. The van der Waals surface area contributed by atoms with Crippen LogP contribution in [0.25, 0.3) is 0 Å². The Kier molecular flexibility index (Phi) is 7.46. The van der Waals surface area contributed by atoms with Gasteiger partial charge in [0.2, 0.25) is 0 Å². The number of halogens is 4. The second-order valence-corrected chi connectivity index (χ2v) is 3.78. The van der Waals surface area contributed by atoms with E-state index in [9.17, 15) is 0 Å². The highest BCUT2D eigenvalue weighted by atomic mass is 35.5. The highest BCUT2D eigenvalue weighted by Gasteiger charge is 2.17. The number of alkyl halides is 3. The third kappa shape index (κ3) is 4.04. The van der Waals surface area contributed by atoms with Crippen molar-refractivity contribution in [1.29, 1.82) is 0 Å². The van der Waals surface area contributed by atoms with Crippen LogP contribution in [0.15, 0.2) is 23.8 Å². The highest BCUT2D eigenvalue weighted by Crippen LogP contribution is 2.23. The summed E-state index contributed by atoms with van der Waals surface area (Å²) in [7, 11) is 0. The lowest BCUT2D eigenvalue weighted by Crippen LogP contribution is -2.15. The minimum absolute atomic E-state index is 0.306. The van der Waals surface area contributed by atoms with Crippen molar-refractivity contribution in [3.05, 3.63) is 23.8 Å². The summed E-state index contributed by atoms with van der Waals surface area (Å²) in [4.78, 5) is 0. The molecule has 0 saturated carbocycles. The SMILES string of the molecule is C=CC(Cl)C(Cl)/C(=C\Cl)CCCl. The van der Waals surface area contributed by atoms with Crippen LogP contribution in [0.2, 0.25) is 0 Å². The maximum absolute atomic E-state index is 5.96. The number of rotatable bonds is 5. The summed E-state index contributed by atoms with van der Waals surface area (Å²) < 4.78 is 0. The molecule has 0 nitrogen and oxygen atoms in total. The van der Waals surface area contributed by atoms with Gasteiger partial charge in [0.1, 0.15) is 0 Å². The van der Waals surface area contributed by atoms with Gasteiger partial charge in [-0.15, -0.1) is 41.4 Å². The second-order valence-electron chi connectivity index (χ2n) is 2.20. The molecule has 0 aromatic heterocycles. The molecule has 0 spiro atoms. The minimum Gasteiger partial charge on any atom is -0.126 e. The average molecular weight is 248 g/mol. The highest BCUT2D eigenvalue weighted by molar-refractivity contribution is 6.33. The topological polar surface area (TPSA) is 0 Å². The Morgan fingerprint density at radius 3 is 2.33 bits per heavy atom. The summed E-state index contributed by atoms with van der Waals surface area (Å²) in [6, 6.07) is 0. The fourth-order valence-corrected chi connectivity index (χ4v) is 1.65. The standard InChI is InChI=1S/C8H10Cl4/c1-2-7(11)8(12)6(5-10)3-4-9/h2,5,7-8H,1,3-4H2/b6-5-. The summed E-state index contributed by atoms with van der Waals surface area (Å²) in [5, 5.41) is -0.625. The van der Waals surface area contributed by atoms with E-state index in [4.69, 9.17) is 46.4 Å². The molecular formula is C8H10Cl4. The van der Waals surface area contributed by atoms with Crippen molar-refractivity contribution in [2.45, 2.75) is 17.2 Å². The number of allylic oxidation sites excluding steroid dienone is 2. The third-order valence-electron chi connectivity index (χ3n) is 1.38. The van der Waals surface area contributed by atoms with Gasteiger partial charge in [0, 0.05) is 11.4 Å². The van der Waals surface area contributed by atoms with E-state index in [-0.39, 0.29) is 10.8 Å². The van der Waals surface area contributed by atoms with Crippen LogP contribution in [-0.2, 0) is 0 Å². The molecule has 0 amide bonds. The first-order chi connectivity index (χ1) is 5.67. The van der Waals surface area contributed by atoms with E-state index in [0.717, 1.165) is 5.57 Å². The van der Waals surface area contributed by atoms with E-state index < -0.39 is 0 Å². The Hall–Kier alpha value is 0.640. The molecule has 0 aliphatic carbocycles. The van der Waals surface area contributed by atoms with Crippen LogP contribution in [0.5, 0.6) is 0 Å². The predicted molar refractivity (Wildman–Crippen MR) is 58.8 cm³/mol. The first kappa shape index (κ1) is 12.6. The van der Waals surface area contributed by atoms with E-state index >= 15 is 0 Å². The van der Waals surface area contributed by atoms with Crippen molar-refractivity contribution in [2.75, 3.05) is 5.88 Å². The molecule has 0 heterocycles. The van der Waals surface area contributed by atoms with Crippen LogP contribution in [0.4, 0.5) is 0 Å². The van der Waals surface area contributed by atoms with Crippen molar-refractivity contribution in [2.24, 2.45) is 0 Å². The molecule has 4 heteroatoms. The Balaban J connectivity index is 4.21. The number of hydrogen-bond donors (Lipinski definition) is 0. The Morgan fingerprint density at radius 2 is 2.00 bits per heavy atom. The predicted octanol–water partition coefficient (Wildman–Crippen LogP) is 4.14. The van der Waals surface area contributed by atoms with Gasteiger partial charge in [-0.05, 0) is 12.0 Å². The molecule has 0 aromatic carbocycles. The molecule has 0 N–H and O–H groups in total. The molecule has 0 radical (unpaired) electrons. The van der Waals surface area contributed by atoms with Crippen molar-refractivity contribution in [1.82, 2.24) is 0 Å². The second kappa shape index (κ2) is 7.08. The van der Waals surface area contributed by atoms with E-state index in [1.54, 1.807) is 6.08 Å². The fourth-order valence-electron chi connectivity index (χ4n) is 0.686. The van der Waals surface area contributed by atoms with E-state index in [1.807, 2.05) is 0 Å². The maximum Gasteiger partial charge on any atom is 0.0756 e. The molecular weight excluding hydrogens is 238 g/mol. The zero-order valence-corrected chi connectivity index (χ0v) is 9.47. The van der Waals surface area contributed by atoms with Crippen molar-refractivity contribution in [3.63, 3.8) is 0 Å². The normalized spacial score (nSPS) is 17.2. The van der Waals surface area contributed by atoms with Crippen LogP contribution in [-0.4, -0.2) is 16.6 Å².